The van der Waals surface area contributed by atoms with Crippen LogP contribution in [0, 0.1) is 5.92 Å². The van der Waals surface area contributed by atoms with E-state index in [4.69, 9.17) is 0 Å². The molecule has 1 aromatic carbocycles. The lowest BCUT2D eigenvalue weighted by atomic mass is 9.84. The van der Waals surface area contributed by atoms with Crippen LogP contribution >= 0.6 is 0 Å². The number of aliphatic hydroxyl groups excluding tert-OH is 1. The van der Waals surface area contributed by atoms with Crippen molar-refractivity contribution < 1.29 is 15.0 Å². The van der Waals surface area contributed by atoms with Gasteiger partial charge < -0.3 is 15.1 Å². The molecule has 1 fully saturated rings. The Kier molecular flexibility index (Phi) is 4.69. The zero-order valence-corrected chi connectivity index (χ0v) is 13.0. The van der Waals surface area contributed by atoms with E-state index in [9.17, 15) is 15.0 Å². The van der Waals surface area contributed by atoms with E-state index in [-0.39, 0.29) is 17.7 Å². The van der Waals surface area contributed by atoms with Crippen molar-refractivity contribution >= 4 is 5.91 Å². The van der Waals surface area contributed by atoms with Crippen molar-refractivity contribution in [2.24, 2.45) is 5.92 Å². The minimum absolute atomic E-state index is 0.108. The third kappa shape index (κ3) is 3.27. The number of nitrogens with zero attached hydrogens (tertiary/aromatic N) is 1. The number of carbonyl (C=O) groups is 1. The third-order valence-electron chi connectivity index (χ3n) is 4.77. The Morgan fingerprint density at radius 2 is 1.95 bits per heavy atom. The smallest absolute Gasteiger partial charge is 0.254 e. The van der Waals surface area contributed by atoms with Crippen molar-refractivity contribution in [2.45, 2.75) is 44.8 Å². The van der Waals surface area contributed by atoms with E-state index in [1.807, 2.05) is 37.3 Å². The van der Waals surface area contributed by atoms with Crippen molar-refractivity contribution in [1.82, 2.24) is 4.90 Å². The van der Waals surface area contributed by atoms with Crippen molar-refractivity contribution in [2.75, 3.05) is 13.1 Å². The molecule has 2 N–H and O–H groups in total. The number of hydrogen-bond acceptors (Lipinski definition) is 3. The lowest BCUT2D eigenvalue weighted by Gasteiger charge is -2.33. The molecule has 1 amide bonds. The third-order valence-corrected chi connectivity index (χ3v) is 4.77. The van der Waals surface area contributed by atoms with Crippen LogP contribution in [0.4, 0.5) is 0 Å². The second kappa shape index (κ2) is 6.16. The lowest BCUT2D eigenvalue weighted by Crippen LogP contribution is -2.49. The summed E-state index contributed by atoms with van der Waals surface area (Å²) in [7, 11) is 0. The molecule has 21 heavy (non-hydrogen) atoms. The van der Waals surface area contributed by atoms with Crippen LogP contribution in [-0.4, -0.2) is 45.8 Å². The van der Waals surface area contributed by atoms with Gasteiger partial charge in [0.1, 0.15) is 5.60 Å². The molecule has 1 heterocycles. The van der Waals surface area contributed by atoms with Gasteiger partial charge in [0.05, 0.1) is 6.10 Å². The molecule has 0 aliphatic carbocycles. The number of likely N-dealkylation sites (tertiary alicyclic amines) is 1. The van der Waals surface area contributed by atoms with E-state index in [0.29, 0.717) is 13.1 Å². The highest BCUT2D eigenvalue weighted by Crippen LogP contribution is 2.31. The maximum atomic E-state index is 12.6. The Morgan fingerprint density at radius 3 is 2.48 bits per heavy atom. The Bertz CT molecular complexity index is 484. The quantitative estimate of drug-likeness (QED) is 0.889. The van der Waals surface area contributed by atoms with Gasteiger partial charge in [0, 0.05) is 24.9 Å². The van der Waals surface area contributed by atoms with Gasteiger partial charge in [-0.25, -0.2) is 0 Å². The second-order valence-electron chi connectivity index (χ2n) is 6.32. The summed E-state index contributed by atoms with van der Waals surface area (Å²) < 4.78 is 0. The Morgan fingerprint density at radius 1 is 1.33 bits per heavy atom. The van der Waals surface area contributed by atoms with E-state index >= 15 is 0 Å². The van der Waals surface area contributed by atoms with E-state index in [2.05, 4.69) is 0 Å². The topological polar surface area (TPSA) is 60.8 Å². The van der Waals surface area contributed by atoms with Gasteiger partial charge in [-0.15, -0.1) is 0 Å². The van der Waals surface area contributed by atoms with Crippen LogP contribution in [0.3, 0.4) is 0 Å². The van der Waals surface area contributed by atoms with Gasteiger partial charge in [0.25, 0.3) is 5.91 Å². The van der Waals surface area contributed by atoms with Crippen LogP contribution in [-0.2, 0) is 4.79 Å². The Balaban J connectivity index is 2.10. The number of carbonyl (C=O) groups excluding carboxylic acids is 1. The van der Waals surface area contributed by atoms with Crippen molar-refractivity contribution in [3.8, 4) is 0 Å². The normalized spacial score (nSPS) is 24.4. The summed E-state index contributed by atoms with van der Waals surface area (Å²) >= 11 is 0. The fourth-order valence-corrected chi connectivity index (χ4v) is 2.94. The van der Waals surface area contributed by atoms with Crippen molar-refractivity contribution in [1.29, 1.82) is 0 Å². The zero-order chi connectivity index (χ0) is 15.6. The van der Waals surface area contributed by atoms with Gasteiger partial charge in [-0.3, -0.25) is 4.79 Å². The average Bonchev–Trinajstić information content (AvgIpc) is 2.96. The van der Waals surface area contributed by atoms with Gasteiger partial charge in [0.15, 0.2) is 0 Å². The molecule has 0 saturated carbocycles. The summed E-state index contributed by atoms with van der Waals surface area (Å²) in [5.74, 6) is -0.421. The maximum Gasteiger partial charge on any atom is 0.254 e. The van der Waals surface area contributed by atoms with Gasteiger partial charge in [-0.2, -0.15) is 0 Å². The van der Waals surface area contributed by atoms with Crippen molar-refractivity contribution in [3.05, 3.63) is 35.9 Å². The minimum Gasteiger partial charge on any atom is -0.393 e. The van der Waals surface area contributed by atoms with Crippen LogP contribution in [0.2, 0.25) is 0 Å². The number of rotatable bonds is 4. The summed E-state index contributed by atoms with van der Waals surface area (Å²) in [5, 5.41) is 20.4. The van der Waals surface area contributed by atoms with E-state index in [0.717, 1.165) is 12.0 Å². The average molecular weight is 291 g/mol. The maximum absolute atomic E-state index is 12.6. The summed E-state index contributed by atoms with van der Waals surface area (Å²) in [6.45, 7) is 6.34. The molecule has 0 aromatic heterocycles. The highest BCUT2D eigenvalue weighted by molar-refractivity contribution is 5.86. The number of amides is 1. The summed E-state index contributed by atoms with van der Waals surface area (Å²) in [6, 6.07) is 9.59. The van der Waals surface area contributed by atoms with E-state index < -0.39 is 11.7 Å². The molecule has 0 spiro atoms. The Hall–Kier alpha value is -1.39. The predicted molar refractivity (Wildman–Crippen MR) is 81.8 cm³/mol. The molecule has 4 nitrogen and oxygen atoms in total. The van der Waals surface area contributed by atoms with Crippen molar-refractivity contribution in [3.63, 3.8) is 0 Å². The van der Waals surface area contributed by atoms with E-state index in [1.165, 1.54) is 0 Å². The molecule has 0 radical (unpaired) electrons. The molecule has 4 heteroatoms. The number of aliphatic hydroxyl groups is 2. The number of hydrogen-bond donors (Lipinski definition) is 2. The van der Waals surface area contributed by atoms with Crippen LogP contribution < -0.4 is 0 Å². The molecular weight excluding hydrogens is 266 g/mol. The summed E-state index contributed by atoms with van der Waals surface area (Å²) in [6.07, 6.45) is 0.374. The standard InChI is InChI=1S/C17H25NO3/c1-12(14-7-5-4-6-8-14)17(3,21)16(20)18-10-9-15(11-18)13(2)19/h4-8,12-13,15,19,21H,9-11H2,1-3H3. The summed E-state index contributed by atoms with van der Waals surface area (Å²) in [4.78, 5) is 14.3. The SMILES string of the molecule is CC(O)C1CCN(C(=O)C(C)(O)C(C)c2ccccc2)C1. The second-order valence-corrected chi connectivity index (χ2v) is 6.32. The molecule has 116 valence electrons. The lowest BCUT2D eigenvalue weighted by molar-refractivity contribution is -0.150. The largest absolute Gasteiger partial charge is 0.393 e. The van der Waals surface area contributed by atoms with Crippen LogP contribution in [0.1, 0.15) is 38.7 Å². The fraction of sp³-hybridized carbons (Fsp3) is 0.588. The van der Waals surface area contributed by atoms with Gasteiger partial charge >= 0.3 is 0 Å². The molecule has 1 aliphatic rings. The first kappa shape index (κ1) is 16.0. The fourth-order valence-electron chi connectivity index (χ4n) is 2.94. The number of benzene rings is 1. The monoisotopic (exact) mass is 291 g/mol. The molecule has 1 saturated heterocycles. The molecule has 1 aliphatic heterocycles. The predicted octanol–water partition coefficient (Wildman–Crippen LogP) is 1.77. The van der Waals surface area contributed by atoms with Gasteiger partial charge in [0.2, 0.25) is 0 Å². The van der Waals surface area contributed by atoms with Crippen LogP contribution in [0.5, 0.6) is 0 Å². The van der Waals surface area contributed by atoms with Crippen LogP contribution in [0.15, 0.2) is 30.3 Å². The zero-order valence-electron chi connectivity index (χ0n) is 13.0. The van der Waals surface area contributed by atoms with Crippen LogP contribution in [0.25, 0.3) is 0 Å². The summed E-state index contributed by atoms with van der Waals surface area (Å²) in [5.41, 5.74) is -0.489. The highest BCUT2D eigenvalue weighted by Gasteiger charge is 2.42. The molecule has 0 bridgehead atoms. The highest BCUT2D eigenvalue weighted by atomic mass is 16.3. The first-order valence-electron chi connectivity index (χ1n) is 7.58. The van der Waals surface area contributed by atoms with Gasteiger partial charge in [-0.1, -0.05) is 37.3 Å². The Labute approximate surface area is 126 Å². The van der Waals surface area contributed by atoms with E-state index in [1.54, 1.807) is 18.7 Å². The first-order chi connectivity index (χ1) is 9.84. The molecule has 2 rings (SSSR count). The first-order valence-corrected chi connectivity index (χ1v) is 7.58. The van der Waals surface area contributed by atoms with Gasteiger partial charge in [-0.05, 0) is 25.8 Å². The molecule has 4 atom stereocenters. The molecule has 4 unspecified atom stereocenters. The molecular formula is C17H25NO3. The molecule has 1 aromatic rings. The minimum atomic E-state index is -1.44.